The lowest BCUT2D eigenvalue weighted by Gasteiger charge is -2.38. The molecule has 3 rings (SSSR count). The number of H-pyrrole nitrogens is 1. The van der Waals surface area contributed by atoms with E-state index in [4.69, 9.17) is 0 Å². The number of nitrogens with zero attached hydrogens (tertiary/aromatic N) is 3. The van der Waals surface area contributed by atoms with Crippen LogP contribution in [0.25, 0.3) is 0 Å². The summed E-state index contributed by atoms with van der Waals surface area (Å²) in [7, 11) is 0. The lowest BCUT2D eigenvalue weighted by atomic mass is 9.95. The fraction of sp³-hybridized carbons (Fsp3) is 0.588. The summed E-state index contributed by atoms with van der Waals surface area (Å²) in [5.74, 6) is 0.273. The first-order valence-electron chi connectivity index (χ1n) is 8.52. The predicted octanol–water partition coefficient (Wildman–Crippen LogP) is 0.558. The van der Waals surface area contributed by atoms with Crippen molar-refractivity contribution in [3.8, 4) is 0 Å². The maximum absolute atomic E-state index is 12.6. The van der Waals surface area contributed by atoms with E-state index >= 15 is 0 Å². The summed E-state index contributed by atoms with van der Waals surface area (Å²) < 4.78 is 0. The van der Waals surface area contributed by atoms with E-state index in [2.05, 4.69) is 4.98 Å². The largest absolute Gasteiger partial charge is 0.367 e. The number of piperidine rings is 1. The van der Waals surface area contributed by atoms with Crippen LogP contribution in [-0.4, -0.2) is 76.7 Å². The second-order valence-corrected chi connectivity index (χ2v) is 6.50. The van der Waals surface area contributed by atoms with Crippen LogP contribution in [0.4, 0.5) is 0 Å². The molecule has 1 aromatic heterocycles. The molecule has 1 N–H and O–H groups in total. The first-order chi connectivity index (χ1) is 11.6. The van der Waals surface area contributed by atoms with E-state index in [1.54, 1.807) is 35.2 Å². The molecule has 0 bridgehead atoms. The summed E-state index contributed by atoms with van der Waals surface area (Å²) in [5, 5.41) is 0. The van der Waals surface area contributed by atoms with Crippen LogP contribution in [0.5, 0.6) is 0 Å². The first-order valence-corrected chi connectivity index (χ1v) is 8.52. The lowest BCUT2D eigenvalue weighted by Crippen LogP contribution is -2.53. The van der Waals surface area contributed by atoms with Crippen LogP contribution in [0.3, 0.4) is 0 Å². The van der Waals surface area contributed by atoms with Gasteiger partial charge in [-0.15, -0.1) is 0 Å². The molecule has 0 spiro atoms. The van der Waals surface area contributed by atoms with Gasteiger partial charge in [0.15, 0.2) is 0 Å². The van der Waals surface area contributed by atoms with Crippen molar-refractivity contribution in [1.29, 1.82) is 0 Å². The Hall–Kier alpha value is -2.31. The molecule has 2 fully saturated rings. The fourth-order valence-electron chi connectivity index (χ4n) is 3.47. The molecule has 0 atom stereocenters. The van der Waals surface area contributed by atoms with Crippen LogP contribution in [0.2, 0.25) is 0 Å². The van der Waals surface area contributed by atoms with Gasteiger partial charge < -0.3 is 19.7 Å². The molecule has 130 valence electrons. The molecule has 0 aromatic carbocycles. The monoisotopic (exact) mass is 332 g/mol. The van der Waals surface area contributed by atoms with Crippen LogP contribution in [0, 0.1) is 5.92 Å². The third-order valence-electron chi connectivity index (χ3n) is 5.01. The van der Waals surface area contributed by atoms with Crippen molar-refractivity contribution in [1.82, 2.24) is 19.7 Å². The number of amides is 3. The fourth-order valence-corrected chi connectivity index (χ4v) is 3.47. The Morgan fingerprint density at radius 3 is 2.12 bits per heavy atom. The maximum Gasteiger partial charge on any atom is 0.255 e. The van der Waals surface area contributed by atoms with Gasteiger partial charge in [0.2, 0.25) is 11.8 Å². The zero-order chi connectivity index (χ0) is 17.1. The summed E-state index contributed by atoms with van der Waals surface area (Å²) in [6.07, 6.45) is 4.91. The molecular weight excluding hydrogens is 308 g/mol. The molecule has 0 aliphatic carbocycles. The van der Waals surface area contributed by atoms with Gasteiger partial charge in [-0.2, -0.15) is 0 Å². The van der Waals surface area contributed by atoms with Crippen molar-refractivity contribution in [2.45, 2.75) is 19.8 Å². The molecule has 0 saturated carbocycles. The lowest BCUT2D eigenvalue weighted by molar-refractivity contribution is -0.141. The molecule has 1 aromatic rings. The zero-order valence-corrected chi connectivity index (χ0v) is 14.0. The van der Waals surface area contributed by atoms with Crippen molar-refractivity contribution in [3.63, 3.8) is 0 Å². The van der Waals surface area contributed by atoms with Crippen molar-refractivity contribution in [2.75, 3.05) is 39.3 Å². The van der Waals surface area contributed by atoms with Gasteiger partial charge in [-0.05, 0) is 18.9 Å². The number of likely N-dealkylation sites (tertiary alicyclic amines) is 1. The Morgan fingerprint density at radius 1 is 0.958 bits per heavy atom. The van der Waals surface area contributed by atoms with E-state index in [9.17, 15) is 14.4 Å². The molecule has 2 aliphatic rings. The van der Waals surface area contributed by atoms with Crippen LogP contribution in [0.1, 0.15) is 30.1 Å². The number of hydrogen-bond donors (Lipinski definition) is 1. The van der Waals surface area contributed by atoms with Crippen molar-refractivity contribution < 1.29 is 14.4 Å². The van der Waals surface area contributed by atoms with Gasteiger partial charge in [-0.1, -0.05) is 0 Å². The van der Waals surface area contributed by atoms with E-state index in [0.29, 0.717) is 44.8 Å². The topological polar surface area (TPSA) is 76.7 Å². The number of carbonyl (C=O) groups excluding carboxylic acids is 3. The molecule has 7 heteroatoms. The van der Waals surface area contributed by atoms with Crippen molar-refractivity contribution >= 4 is 17.7 Å². The Balaban J connectivity index is 1.49. The minimum absolute atomic E-state index is 0.00697. The molecule has 0 unspecified atom stereocenters. The third kappa shape index (κ3) is 3.44. The molecule has 3 amide bonds. The highest BCUT2D eigenvalue weighted by Gasteiger charge is 2.31. The molecule has 7 nitrogen and oxygen atoms in total. The smallest absolute Gasteiger partial charge is 0.255 e. The van der Waals surface area contributed by atoms with Crippen LogP contribution < -0.4 is 0 Å². The summed E-state index contributed by atoms with van der Waals surface area (Å²) in [4.78, 5) is 44.7. The number of nitrogens with one attached hydrogen (secondary N) is 1. The molecule has 24 heavy (non-hydrogen) atoms. The van der Waals surface area contributed by atoms with Crippen LogP contribution in [0.15, 0.2) is 18.5 Å². The number of piperazine rings is 1. The number of aromatic nitrogens is 1. The summed E-state index contributed by atoms with van der Waals surface area (Å²) >= 11 is 0. The highest BCUT2D eigenvalue weighted by molar-refractivity contribution is 5.94. The van der Waals surface area contributed by atoms with Gasteiger partial charge in [0.05, 0.1) is 5.56 Å². The van der Waals surface area contributed by atoms with Crippen LogP contribution >= 0.6 is 0 Å². The Labute approximate surface area is 141 Å². The quantitative estimate of drug-likeness (QED) is 0.860. The van der Waals surface area contributed by atoms with Gasteiger partial charge in [0.1, 0.15) is 0 Å². The van der Waals surface area contributed by atoms with Crippen molar-refractivity contribution in [2.24, 2.45) is 5.92 Å². The van der Waals surface area contributed by atoms with Crippen LogP contribution in [-0.2, 0) is 9.59 Å². The first kappa shape index (κ1) is 16.5. The van der Waals surface area contributed by atoms with E-state index in [1.165, 1.54) is 0 Å². The maximum atomic E-state index is 12.6. The summed E-state index contributed by atoms with van der Waals surface area (Å²) in [5.41, 5.74) is 0.659. The number of carbonyl (C=O) groups is 3. The van der Waals surface area contributed by atoms with Gasteiger partial charge in [-0.3, -0.25) is 14.4 Å². The molecule has 2 saturated heterocycles. The molecular formula is C17H24N4O3. The van der Waals surface area contributed by atoms with E-state index in [-0.39, 0.29) is 23.6 Å². The third-order valence-corrected chi connectivity index (χ3v) is 5.01. The van der Waals surface area contributed by atoms with E-state index in [0.717, 1.165) is 12.8 Å². The molecule has 3 heterocycles. The van der Waals surface area contributed by atoms with Crippen molar-refractivity contribution in [3.05, 3.63) is 24.0 Å². The Bertz CT molecular complexity index is 597. The van der Waals surface area contributed by atoms with Gasteiger partial charge in [-0.25, -0.2) is 0 Å². The van der Waals surface area contributed by atoms with Gasteiger partial charge in [0.25, 0.3) is 5.91 Å². The standard InChI is InChI=1S/C17H24N4O3/c1-13(22)19-6-3-14(4-7-19)16(23)20-8-10-21(11-9-20)17(24)15-2-5-18-12-15/h2,5,12,14,18H,3-4,6-11H2,1H3. The highest BCUT2D eigenvalue weighted by atomic mass is 16.2. The second-order valence-electron chi connectivity index (χ2n) is 6.50. The SMILES string of the molecule is CC(=O)N1CCC(C(=O)N2CCN(C(=O)c3cc[nH]c3)CC2)CC1. The summed E-state index contributed by atoms with van der Waals surface area (Å²) in [6.45, 7) is 5.21. The van der Waals surface area contributed by atoms with Gasteiger partial charge >= 0.3 is 0 Å². The average molecular weight is 332 g/mol. The number of rotatable bonds is 2. The minimum Gasteiger partial charge on any atom is -0.367 e. The van der Waals surface area contributed by atoms with E-state index in [1.807, 2.05) is 4.90 Å². The Kier molecular flexibility index (Phi) is 4.87. The normalized spacial score (nSPS) is 19.5. The highest BCUT2D eigenvalue weighted by Crippen LogP contribution is 2.21. The zero-order valence-electron chi connectivity index (χ0n) is 14.0. The minimum atomic E-state index is 0.00697. The number of hydrogen-bond acceptors (Lipinski definition) is 3. The summed E-state index contributed by atoms with van der Waals surface area (Å²) in [6, 6.07) is 1.77. The molecule has 0 radical (unpaired) electrons. The molecule has 2 aliphatic heterocycles. The number of aromatic amines is 1. The van der Waals surface area contributed by atoms with E-state index < -0.39 is 0 Å². The predicted molar refractivity (Wildman–Crippen MR) is 88.3 cm³/mol. The average Bonchev–Trinajstić information content (AvgIpc) is 3.15. The Morgan fingerprint density at radius 2 is 1.58 bits per heavy atom. The second kappa shape index (κ2) is 7.07. The van der Waals surface area contributed by atoms with Gasteiger partial charge in [0, 0.05) is 64.5 Å².